The molecular formula is C27H26N2O4S. The summed E-state index contributed by atoms with van der Waals surface area (Å²) in [6, 6.07) is 27.4. The van der Waals surface area contributed by atoms with E-state index in [0.717, 1.165) is 26.2 Å². The molecule has 0 saturated heterocycles. The maximum absolute atomic E-state index is 13.7. The van der Waals surface area contributed by atoms with Gasteiger partial charge in [0, 0.05) is 6.54 Å². The molecule has 0 bridgehead atoms. The average molecular weight is 475 g/mol. The molecule has 1 amide bonds. The number of aryl methyl sites for hydroxylation is 1. The van der Waals surface area contributed by atoms with Crippen LogP contribution in [-0.4, -0.2) is 28.0 Å². The van der Waals surface area contributed by atoms with Gasteiger partial charge < -0.3 is 10.1 Å². The van der Waals surface area contributed by atoms with E-state index in [1.165, 1.54) is 7.11 Å². The van der Waals surface area contributed by atoms with Crippen LogP contribution >= 0.6 is 0 Å². The normalized spacial score (nSPS) is 11.2. The molecule has 4 aromatic carbocycles. The van der Waals surface area contributed by atoms with Gasteiger partial charge in [0.15, 0.2) is 0 Å². The Morgan fingerprint density at radius 1 is 0.912 bits per heavy atom. The lowest BCUT2D eigenvalue weighted by molar-refractivity contribution is -0.119. The number of rotatable bonds is 8. The molecule has 0 fully saturated rings. The minimum absolute atomic E-state index is 0.0145. The van der Waals surface area contributed by atoms with Crippen LogP contribution in [-0.2, 0) is 21.4 Å². The number of amides is 1. The highest BCUT2D eigenvalue weighted by atomic mass is 32.2. The standard InChI is InChI=1S/C27H26N2O4S/c1-20-15-16-25(33-2)26(17-20)34(31,32)29(23-12-4-3-5-13-23)19-27(30)28-18-22-11-8-10-21-9-6-7-14-24(21)22/h3-17H,18-19H2,1-2H3,(H,28,30). The molecule has 6 nitrogen and oxygen atoms in total. The lowest BCUT2D eigenvalue weighted by Crippen LogP contribution is -2.40. The van der Waals surface area contributed by atoms with Crippen molar-refractivity contribution < 1.29 is 17.9 Å². The summed E-state index contributed by atoms with van der Waals surface area (Å²) in [7, 11) is -2.66. The van der Waals surface area contributed by atoms with Crippen molar-refractivity contribution in [2.24, 2.45) is 0 Å². The number of benzene rings is 4. The number of carbonyl (C=O) groups is 1. The average Bonchev–Trinajstić information content (AvgIpc) is 2.86. The quantitative estimate of drug-likeness (QED) is 0.403. The van der Waals surface area contributed by atoms with E-state index >= 15 is 0 Å². The van der Waals surface area contributed by atoms with Crippen LogP contribution in [0.25, 0.3) is 10.8 Å². The van der Waals surface area contributed by atoms with Crippen molar-refractivity contribution in [1.29, 1.82) is 0 Å². The van der Waals surface area contributed by atoms with E-state index in [1.54, 1.807) is 48.5 Å². The van der Waals surface area contributed by atoms with Gasteiger partial charge in [-0.1, -0.05) is 66.7 Å². The second-order valence-electron chi connectivity index (χ2n) is 7.92. The van der Waals surface area contributed by atoms with E-state index in [0.29, 0.717) is 5.69 Å². The van der Waals surface area contributed by atoms with Gasteiger partial charge in [0.25, 0.3) is 10.0 Å². The van der Waals surface area contributed by atoms with Gasteiger partial charge in [0.05, 0.1) is 12.8 Å². The van der Waals surface area contributed by atoms with E-state index in [2.05, 4.69) is 5.32 Å². The van der Waals surface area contributed by atoms with Crippen LogP contribution in [0.5, 0.6) is 5.75 Å². The molecule has 0 saturated carbocycles. The van der Waals surface area contributed by atoms with Crippen LogP contribution in [0.2, 0.25) is 0 Å². The Kier molecular flexibility index (Phi) is 6.84. The third-order valence-corrected chi connectivity index (χ3v) is 7.37. The largest absolute Gasteiger partial charge is 0.495 e. The summed E-state index contributed by atoms with van der Waals surface area (Å²) in [6.07, 6.45) is 0. The molecule has 4 aromatic rings. The molecule has 4 rings (SSSR count). The van der Waals surface area contributed by atoms with Crippen molar-refractivity contribution in [2.75, 3.05) is 18.0 Å². The van der Waals surface area contributed by atoms with E-state index in [1.807, 2.05) is 49.4 Å². The highest BCUT2D eigenvalue weighted by Gasteiger charge is 2.30. The summed E-state index contributed by atoms with van der Waals surface area (Å²) in [5.41, 5.74) is 2.13. The summed E-state index contributed by atoms with van der Waals surface area (Å²) in [5, 5.41) is 5.00. The number of methoxy groups -OCH3 is 1. The minimum atomic E-state index is -4.08. The number of hydrogen-bond acceptors (Lipinski definition) is 4. The van der Waals surface area contributed by atoms with Gasteiger partial charge in [-0.2, -0.15) is 0 Å². The highest BCUT2D eigenvalue weighted by Crippen LogP contribution is 2.30. The Balaban J connectivity index is 1.62. The van der Waals surface area contributed by atoms with Crippen LogP contribution < -0.4 is 14.4 Å². The predicted molar refractivity (Wildman–Crippen MR) is 134 cm³/mol. The molecule has 0 aliphatic rings. The Morgan fingerprint density at radius 3 is 2.38 bits per heavy atom. The fourth-order valence-corrected chi connectivity index (χ4v) is 5.50. The Labute approximate surface area is 199 Å². The number of anilines is 1. The molecule has 0 aromatic heterocycles. The Morgan fingerprint density at radius 2 is 1.62 bits per heavy atom. The van der Waals surface area contributed by atoms with Gasteiger partial charge >= 0.3 is 0 Å². The highest BCUT2D eigenvalue weighted by molar-refractivity contribution is 7.93. The van der Waals surface area contributed by atoms with E-state index in [4.69, 9.17) is 4.74 Å². The lowest BCUT2D eigenvalue weighted by atomic mass is 10.0. The van der Waals surface area contributed by atoms with Crippen LogP contribution in [0, 0.1) is 6.92 Å². The van der Waals surface area contributed by atoms with Gasteiger partial charge in [-0.15, -0.1) is 0 Å². The van der Waals surface area contributed by atoms with E-state index in [9.17, 15) is 13.2 Å². The Hall–Kier alpha value is -3.84. The van der Waals surface area contributed by atoms with Crippen molar-refractivity contribution in [3.8, 4) is 5.75 Å². The maximum Gasteiger partial charge on any atom is 0.268 e. The van der Waals surface area contributed by atoms with Crippen molar-refractivity contribution in [1.82, 2.24) is 5.32 Å². The monoisotopic (exact) mass is 474 g/mol. The fourth-order valence-electron chi connectivity index (χ4n) is 3.84. The number of nitrogens with one attached hydrogen (secondary N) is 1. The molecular weight excluding hydrogens is 448 g/mol. The maximum atomic E-state index is 13.7. The van der Waals surface area contributed by atoms with Crippen molar-refractivity contribution in [3.63, 3.8) is 0 Å². The number of fused-ring (bicyclic) bond motifs is 1. The first-order valence-corrected chi connectivity index (χ1v) is 12.3. The lowest BCUT2D eigenvalue weighted by Gasteiger charge is -2.25. The van der Waals surface area contributed by atoms with Crippen LogP contribution in [0.4, 0.5) is 5.69 Å². The Bertz CT molecular complexity index is 1410. The summed E-state index contributed by atoms with van der Waals surface area (Å²) in [5.74, 6) is -0.185. The van der Waals surface area contributed by atoms with Crippen LogP contribution in [0.1, 0.15) is 11.1 Å². The minimum Gasteiger partial charge on any atom is -0.495 e. The van der Waals surface area contributed by atoms with E-state index in [-0.39, 0.29) is 23.7 Å². The summed E-state index contributed by atoms with van der Waals surface area (Å²) >= 11 is 0. The molecule has 1 N–H and O–H groups in total. The molecule has 0 spiro atoms. The van der Waals surface area contributed by atoms with Crippen molar-refractivity contribution in [3.05, 3.63) is 102 Å². The number of sulfonamides is 1. The second kappa shape index (κ2) is 9.97. The summed E-state index contributed by atoms with van der Waals surface area (Å²) < 4.78 is 33.9. The van der Waals surface area contributed by atoms with Gasteiger partial charge in [-0.3, -0.25) is 9.10 Å². The second-order valence-corrected chi connectivity index (χ2v) is 9.75. The van der Waals surface area contributed by atoms with Crippen molar-refractivity contribution in [2.45, 2.75) is 18.4 Å². The van der Waals surface area contributed by atoms with Gasteiger partial charge in [-0.05, 0) is 53.1 Å². The van der Waals surface area contributed by atoms with Gasteiger partial charge in [0.2, 0.25) is 5.91 Å². The first-order chi connectivity index (χ1) is 16.4. The van der Waals surface area contributed by atoms with Gasteiger partial charge in [-0.25, -0.2) is 8.42 Å². The van der Waals surface area contributed by atoms with E-state index < -0.39 is 15.9 Å². The molecule has 0 aliphatic carbocycles. The predicted octanol–water partition coefficient (Wildman–Crippen LogP) is 4.67. The number of ether oxygens (including phenoxy) is 1. The van der Waals surface area contributed by atoms with Crippen molar-refractivity contribution >= 4 is 32.4 Å². The number of carbonyl (C=O) groups excluding carboxylic acids is 1. The number of hydrogen-bond donors (Lipinski definition) is 1. The summed E-state index contributed by atoms with van der Waals surface area (Å²) in [4.78, 5) is 13.0. The van der Waals surface area contributed by atoms with Gasteiger partial charge in [0.1, 0.15) is 17.2 Å². The smallest absolute Gasteiger partial charge is 0.268 e. The molecule has 0 heterocycles. The molecule has 7 heteroatoms. The first kappa shape index (κ1) is 23.3. The molecule has 174 valence electrons. The zero-order valence-corrected chi connectivity index (χ0v) is 19.9. The topological polar surface area (TPSA) is 75.7 Å². The molecule has 34 heavy (non-hydrogen) atoms. The van der Waals surface area contributed by atoms with Crippen LogP contribution in [0.15, 0.2) is 95.9 Å². The number of para-hydroxylation sites is 1. The molecule has 0 unspecified atom stereocenters. The third-order valence-electron chi connectivity index (χ3n) is 5.57. The zero-order valence-electron chi connectivity index (χ0n) is 19.1. The SMILES string of the molecule is COc1ccc(C)cc1S(=O)(=O)N(CC(=O)NCc1cccc2ccccc12)c1ccccc1. The molecule has 0 radical (unpaired) electrons. The van der Waals surface area contributed by atoms with Crippen LogP contribution in [0.3, 0.4) is 0 Å². The third kappa shape index (κ3) is 4.89. The molecule has 0 atom stereocenters. The fraction of sp³-hybridized carbons (Fsp3) is 0.148. The number of nitrogens with zero attached hydrogens (tertiary/aromatic N) is 1. The zero-order chi connectivity index (χ0) is 24.1. The first-order valence-electron chi connectivity index (χ1n) is 10.9. The molecule has 0 aliphatic heterocycles. The summed E-state index contributed by atoms with van der Waals surface area (Å²) in [6.45, 7) is 1.73.